The molecule has 6 aromatic carbocycles. The van der Waals surface area contributed by atoms with Crippen LogP contribution in [0.4, 0.5) is 0 Å². The van der Waals surface area contributed by atoms with E-state index in [1.165, 1.54) is 16.5 Å². The third-order valence-corrected chi connectivity index (χ3v) is 7.45. The van der Waals surface area contributed by atoms with Crippen molar-refractivity contribution >= 4 is 43.7 Å². The second kappa shape index (κ2) is 8.64. The number of aromatic nitrogens is 2. The highest BCUT2D eigenvalue weighted by molar-refractivity contribution is 6.19. The third-order valence-electron chi connectivity index (χ3n) is 7.45. The molecule has 0 amide bonds. The normalized spacial score (nSPS) is 11.6. The highest BCUT2D eigenvalue weighted by Gasteiger charge is 2.18. The summed E-state index contributed by atoms with van der Waals surface area (Å²) in [5, 5.41) is 4.46. The number of rotatable bonds is 3. The maximum absolute atomic E-state index is 6.50. The fourth-order valence-electron chi connectivity index (χ4n) is 5.60. The molecule has 2 aromatic heterocycles. The molecule has 0 saturated carbocycles. The monoisotopic (exact) mass is 498 g/mol. The summed E-state index contributed by atoms with van der Waals surface area (Å²) in [5.41, 5.74) is 9.70. The number of furan rings is 1. The Labute approximate surface area is 225 Å². The first-order chi connectivity index (χ1) is 19.3. The molecule has 0 aliphatic carbocycles. The number of hydrogen-bond acceptors (Lipinski definition) is 3. The van der Waals surface area contributed by atoms with Crippen LogP contribution in [0.15, 0.2) is 138 Å². The third kappa shape index (κ3) is 3.52. The summed E-state index contributed by atoms with van der Waals surface area (Å²) in [6.07, 6.45) is 0. The molecular weight excluding hydrogens is 476 g/mol. The van der Waals surface area contributed by atoms with Crippen LogP contribution in [0.1, 0.15) is 0 Å². The summed E-state index contributed by atoms with van der Waals surface area (Å²) in [6.45, 7) is 0. The van der Waals surface area contributed by atoms with Gasteiger partial charge in [0, 0.05) is 27.3 Å². The van der Waals surface area contributed by atoms with Crippen molar-refractivity contribution in [1.29, 1.82) is 0 Å². The molecule has 0 aliphatic heterocycles. The van der Waals surface area contributed by atoms with Crippen LogP contribution >= 0.6 is 0 Å². The van der Waals surface area contributed by atoms with Gasteiger partial charge in [-0.2, -0.15) is 0 Å². The quantitative estimate of drug-likeness (QED) is 0.243. The molecule has 3 heteroatoms. The molecule has 0 fully saturated rings. The van der Waals surface area contributed by atoms with E-state index in [9.17, 15) is 0 Å². The lowest BCUT2D eigenvalue weighted by atomic mass is 9.95. The topological polar surface area (TPSA) is 38.9 Å². The van der Waals surface area contributed by atoms with Crippen LogP contribution in [0.3, 0.4) is 0 Å². The van der Waals surface area contributed by atoms with Crippen LogP contribution in [0.2, 0.25) is 0 Å². The van der Waals surface area contributed by atoms with E-state index in [1.807, 2.05) is 42.5 Å². The Kier molecular flexibility index (Phi) is 4.82. The van der Waals surface area contributed by atoms with Crippen molar-refractivity contribution in [1.82, 2.24) is 9.97 Å². The van der Waals surface area contributed by atoms with E-state index in [0.717, 1.165) is 60.9 Å². The number of para-hydroxylation sites is 2. The first-order valence-corrected chi connectivity index (χ1v) is 13.1. The molecule has 0 aliphatic rings. The van der Waals surface area contributed by atoms with Crippen molar-refractivity contribution in [2.45, 2.75) is 0 Å². The summed E-state index contributed by atoms with van der Waals surface area (Å²) in [4.78, 5) is 10.2. The van der Waals surface area contributed by atoms with Gasteiger partial charge in [0.25, 0.3) is 0 Å². The lowest BCUT2D eigenvalue weighted by Gasteiger charge is -2.11. The molecule has 8 rings (SSSR count). The van der Waals surface area contributed by atoms with Crippen molar-refractivity contribution in [2.24, 2.45) is 0 Å². The minimum Gasteiger partial charge on any atom is -0.455 e. The van der Waals surface area contributed by atoms with E-state index in [1.54, 1.807) is 0 Å². The van der Waals surface area contributed by atoms with Gasteiger partial charge in [-0.05, 0) is 52.9 Å². The average Bonchev–Trinajstić information content (AvgIpc) is 3.39. The first kappa shape index (κ1) is 21.8. The SMILES string of the molecule is c1ccc(-c2nc3ccccc3nc2-c2ccc3oc4c5ccccc5c(-c5ccccc5)cc4c3c2)cc1. The Hall–Kier alpha value is -5.28. The van der Waals surface area contributed by atoms with Gasteiger partial charge < -0.3 is 4.42 Å². The van der Waals surface area contributed by atoms with Gasteiger partial charge in [-0.25, -0.2) is 9.97 Å². The number of fused-ring (bicyclic) bond motifs is 6. The maximum Gasteiger partial charge on any atom is 0.143 e. The molecule has 0 unspecified atom stereocenters. The Morgan fingerprint density at radius 2 is 1.00 bits per heavy atom. The van der Waals surface area contributed by atoms with Crippen molar-refractivity contribution in [3.05, 3.63) is 133 Å². The summed E-state index contributed by atoms with van der Waals surface area (Å²) in [7, 11) is 0. The molecule has 0 N–H and O–H groups in total. The van der Waals surface area contributed by atoms with Crippen LogP contribution < -0.4 is 0 Å². The number of benzene rings is 6. The van der Waals surface area contributed by atoms with Crippen molar-refractivity contribution in [3.8, 4) is 33.6 Å². The van der Waals surface area contributed by atoms with Crippen LogP contribution in [-0.4, -0.2) is 9.97 Å². The largest absolute Gasteiger partial charge is 0.455 e. The fraction of sp³-hybridized carbons (Fsp3) is 0. The van der Waals surface area contributed by atoms with Gasteiger partial charge in [0.2, 0.25) is 0 Å². The molecule has 0 bridgehead atoms. The van der Waals surface area contributed by atoms with Gasteiger partial charge in [-0.15, -0.1) is 0 Å². The van der Waals surface area contributed by atoms with E-state index in [2.05, 4.69) is 91.0 Å². The highest BCUT2D eigenvalue weighted by Crippen LogP contribution is 2.41. The Morgan fingerprint density at radius 1 is 0.410 bits per heavy atom. The predicted molar refractivity (Wildman–Crippen MR) is 161 cm³/mol. The Morgan fingerprint density at radius 3 is 1.72 bits per heavy atom. The van der Waals surface area contributed by atoms with Crippen LogP contribution in [0.25, 0.3) is 77.4 Å². The summed E-state index contributed by atoms with van der Waals surface area (Å²) < 4.78 is 6.50. The maximum atomic E-state index is 6.50. The summed E-state index contributed by atoms with van der Waals surface area (Å²) in [6, 6.07) is 46.0. The predicted octanol–water partition coefficient (Wildman–Crippen LogP) is 9.68. The second-order valence-corrected chi connectivity index (χ2v) is 9.80. The van der Waals surface area contributed by atoms with Crippen LogP contribution in [-0.2, 0) is 0 Å². The molecular formula is C36H22N2O. The molecule has 0 spiro atoms. The van der Waals surface area contributed by atoms with Crippen LogP contribution in [0.5, 0.6) is 0 Å². The van der Waals surface area contributed by atoms with Gasteiger partial charge in [0.15, 0.2) is 0 Å². The molecule has 8 aromatic rings. The summed E-state index contributed by atoms with van der Waals surface area (Å²) >= 11 is 0. The van der Waals surface area contributed by atoms with Crippen molar-refractivity contribution in [2.75, 3.05) is 0 Å². The van der Waals surface area contributed by atoms with E-state index in [4.69, 9.17) is 14.4 Å². The zero-order valence-corrected chi connectivity index (χ0v) is 21.0. The molecule has 3 nitrogen and oxygen atoms in total. The van der Waals surface area contributed by atoms with E-state index >= 15 is 0 Å². The number of nitrogens with zero attached hydrogens (tertiary/aromatic N) is 2. The zero-order valence-electron chi connectivity index (χ0n) is 21.0. The van der Waals surface area contributed by atoms with Crippen LogP contribution in [0, 0.1) is 0 Å². The van der Waals surface area contributed by atoms with E-state index in [-0.39, 0.29) is 0 Å². The smallest absolute Gasteiger partial charge is 0.143 e. The first-order valence-electron chi connectivity index (χ1n) is 13.1. The zero-order chi connectivity index (χ0) is 25.8. The Balaban J connectivity index is 1.43. The molecule has 0 saturated heterocycles. The summed E-state index contributed by atoms with van der Waals surface area (Å²) in [5.74, 6) is 0. The number of hydrogen-bond donors (Lipinski definition) is 0. The lowest BCUT2D eigenvalue weighted by Crippen LogP contribution is -1.95. The van der Waals surface area contributed by atoms with Gasteiger partial charge in [0.1, 0.15) is 11.2 Å². The standard InChI is InChI=1S/C36H22N2O/c1-3-11-23(12-4-1)28-22-30-29-21-25(19-20-33(29)39-36(30)27-16-8-7-15-26(27)28)35-34(24-13-5-2-6-14-24)37-31-17-9-10-18-32(31)38-35/h1-22H. The molecule has 39 heavy (non-hydrogen) atoms. The molecule has 182 valence electrons. The minimum absolute atomic E-state index is 0.860. The average molecular weight is 499 g/mol. The minimum atomic E-state index is 0.860. The highest BCUT2D eigenvalue weighted by atomic mass is 16.3. The molecule has 0 atom stereocenters. The van der Waals surface area contributed by atoms with Gasteiger partial charge in [-0.1, -0.05) is 97.1 Å². The van der Waals surface area contributed by atoms with E-state index in [0.29, 0.717) is 0 Å². The lowest BCUT2D eigenvalue weighted by molar-refractivity contribution is 0.673. The van der Waals surface area contributed by atoms with Crippen molar-refractivity contribution in [3.63, 3.8) is 0 Å². The Bertz CT molecular complexity index is 2160. The fourth-order valence-corrected chi connectivity index (χ4v) is 5.60. The van der Waals surface area contributed by atoms with Gasteiger partial charge in [-0.3, -0.25) is 0 Å². The molecule has 2 heterocycles. The van der Waals surface area contributed by atoms with Gasteiger partial charge in [0.05, 0.1) is 22.4 Å². The van der Waals surface area contributed by atoms with Crippen molar-refractivity contribution < 1.29 is 4.42 Å². The molecule has 0 radical (unpaired) electrons. The van der Waals surface area contributed by atoms with E-state index < -0.39 is 0 Å². The second-order valence-electron chi connectivity index (χ2n) is 9.80. The van der Waals surface area contributed by atoms with Gasteiger partial charge >= 0.3 is 0 Å².